The van der Waals surface area contributed by atoms with Gasteiger partial charge in [0.15, 0.2) is 0 Å². The molecule has 4 nitrogen and oxygen atoms in total. The Hall–Kier alpha value is -2.85. The van der Waals surface area contributed by atoms with Crippen LogP contribution in [0.15, 0.2) is 60.7 Å². The molecule has 3 aromatic rings. The summed E-state index contributed by atoms with van der Waals surface area (Å²) in [4.78, 5) is 18.0. The zero-order valence-electron chi connectivity index (χ0n) is 19.1. The number of benzene rings is 3. The first-order valence-corrected chi connectivity index (χ1v) is 11.2. The van der Waals surface area contributed by atoms with Gasteiger partial charge in [0.05, 0.1) is 6.04 Å². The van der Waals surface area contributed by atoms with Crippen LogP contribution >= 0.6 is 0 Å². The van der Waals surface area contributed by atoms with Gasteiger partial charge in [-0.1, -0.05) is 48.5 Å². The van der Waals surface area contributed by atoms with Crippen LogP contribution in [0.3, 0.4) is 0 Å². The SMILES string of the molecule is Cc1ccc(N(C)C2CCN(C)CC2)cc1C(=O)N[C@H](C)c1cccc2ccccc12. The Morgan fingerprint density at radius 2 is 1.77 bits per heavy atom. The summed E-state index contributed by atoms with van der Waals surface area (Å²) in [7, 11) is 4.34. The maximum Gasteiger partial charge on any atom is 0.252 e. The van der Waals surface area contributed by atoms with Gasteiger partial charge in [-0.3, -0.25) is 4.79 Å². The lowest BCUT2D eigenvalue weighted by Crippen LogP contribution is -2.42. The van der Waals surface area contributed by atoms with Crippen molar-refractivity contribution in [2.24, 2.45) is 0 Å². The van der Waals surface area contributed by atoms with Gasteiger partial charge in [-0.05, 0) is 80.9 Å². The molecular formula is C27H33N3O. The van der Waals surface area contributed by atoms with Crippen LogP contribution < -0.4 is 10.2 Å². The molecule has 31 heavy (non-hydrogen) atoms. The van der Waals surface area contributed by atoms with Crippen molar-refractivity contribution in [1.82, 2.24) is 10.2 Å². The monoisotopic (exact) mass is 415 g/mol. The summed E-state index contributed by atoms with van der Waals surface area (Å²) in [6, 6.07) is 21.3. The Morgan fingerprint density at radius 3 is 2.55 bits per heavy atom. The molecule has 0 spiro atoms. The molecule has 3 aromatic carbocycles. The Labute approximate surface area is 185 Å². The van der Waals surface area contributed by atoms with Crippen LogP contribution in [-0.4, -0.2) is 44.0 Å². The number of anilines is 1. The lowest BCUT2D eigenvalue weighted by atomic mass is 9.98. The predicted molar refractivity (Wildman–Crippen MR) is 130 cm³/mol. The molecule has 4 heteroatoms. The van der Waals surface area contributed by atoms with Crippen LogP contribution in [-0.2, 0) is 0 Å². The summed E-state index contributed by atoms with van der Waals surface area (Å²) in [5.74, 6) is -0.0171. The molecule has 1 N–H and O–H groups in total. The minimum Gasteiger partial charge on any atom is -0.371 e. The number of hydrogen-bond acceptors (Lipinski definition) is 3. The molecule has 1 fully saturated rings. The van der Waals surface area contributed by atoms with E-state index in [9.17, 15) is 4.79 Å². The normalized spacial score (nSPS) is 16.3. The van der Waals surface area contributed by atoms with Gasteiger partial charge in [-0.15, -0.1) is 0 Å². The van der Waals surface area contributed by atoms with Gasteiger partial charge >= 0.3 is 0 Å². The molecule has 0 saturated carbocycles. The fourth-order valence-corrected chi connectivity index (χ4v) is 4.65. The topological polar surface area (TPSA) is 35.6 Å². The summed E-state index contributed by atoms with van der Waals surface area (Å²) in [5, 5.41) is 5.61. The highest BCUT2D eigenvalue weighted by Gasteiger charge is 2.22. The van der Waals surface area contributed by atoms with Gasteiger partial charge in [-0.2, -0.15) is 0 Å². The van der Waals surface area contributed by atoms with Crippen molar-refractivity contribution in [3.05, 3.63) is 77.4 Å². The van der Waals surface area contributed by atoms with Crippen molar-refractivity contribution in [2.45, 2.75) is 38.8 Å². The van der Waals surface area contributed by atoms with E-state index in [2.05, 4.69) is 84.7 Å². The van der Waals surface area contributed by atoms with Crippen LogP contribution in [0.1, 0.15) is 47.3 Å². The van der Waals surface area contributed by atoms with E-state index in [0.717, 1.165) is 48.3 Å². The molecule has 1 amide bonds. The van der Waals surface area contributed by atoms with E-state index in [1.54, 1.807) is 0 Å². The number of fused-ring (bicyclic) bond motifs is 1. The maximum atomic E-state index is 13.2. The van der Waals surface area contributed by atoms with Crippen molar-refractivity contribution >= 4 is 22.4 Å². The van der Waals surface area contributed by atoms with E-state index in [0.29, 0.717) is 6.04 Å². The molecule has 4 rings (SSSR count). The maximum absolute atomic E-state index is 13.2. The lowest BCUT2D eigenvalue weighted by molar-refractivity contribution is 0.0939. The third-order valence-corrected chi connectivity index (χ3v) is 6.75. The first kappa shape index (κ1) is 21.4. The first-order valence-electron chi connectivity index (χ1n) is 11.2. The van der Waals surface area contributed by atoms with E-state index in [1.807, 2.05) is 19.1 Å². The van der Waals surface area contributed by atoms with Crippen molar-refractivity contribution in [2.75, 3.05) is 32.1 Å². The number of carbonyl (C=O) groups is 1. The lowest BCUT2D eigenvalue weighted by Gasteiger charge is -2.36. The molecule has 0 aliphatic carbocycles. The standard InChI is InChI=1S/C27H33N3O/c1-19-12-13-23(30(4)22-14-16-29(3)17-15-22)18-26(19)27(31)28-20(2)24-11-7-9-21-8-5-6-10-25(21)24/h5-13,18,20,22H,14-17H2,1-4H3,(H,28,31)/t20-/m1/s1. The number of rotatable bonds is 5. The highest BCUT2D eigenvalue weighted by atomic mass is 16.1. The van der Waals surface area contributed by atoms with Crippen LogP contribution in [0.4, 0.5) is 5.69 Å². The second-order valence-corrected chi connectivity index (χ2v) is 8.91. The Bertz CT molecular complexity index is 1060. The van der Waals surface area contributed by atoms with Crippen LogP contribution in [0.2, 0.25) is 0 Å². The van der Waals surface area contributed by atoms with E-state index >= 15 is 0 Å². The number of aryl methyl sites for hydroxylation is 1. The molecule has 1 atom stereocenters. The number of likely N-dealkylation sites (tertiary alicyclic amines) is 1. The molecule has 1 aliphatic rings. The molecular weight excluding hydrogens is 382 g/mol. The number of carbonyl (C=O) groups excluding carboxylic acids is 1. The average Bonchev–Trinajstić information content (AvgIpc) is 2.79. The zero-order chi connectivity index (χ0) is 22.0. The fourth-order valence-electron chi connectivity index (χ4n) is 4.65. The second-order valence-electron chi connectivity index (χ2n) is 8.91. The van der Waals surface area contributed by atoms with Gasteiger partial charge in [0, 0.05) is 24.3 Å². The third kappa shape index (κ3) is 4.59. The van der Waals surface area contributed by atoms with Crippen molar-refractivity contribution in [3.8, 4) is 0 Å². The molecule has 0 aromatic heterocycles. The van der Waals surface area contributed by atoms with Gasteiger partial charge in [0.1, 0.15) is 0 Å². The Morgan fingerprint density at radius 1 is 1.06 bits per heavy atom. The van der Waals surface area contributed by atoms with E-state index in [1.165, 1.54) is 10.8 Å². The molecule has 1 saturated heterocycles. The van der Waals surface area contributed by atoms with Crippen LogP contribution in [0.25, 0.3) is 10.8 Å². The first-order chi connectivity index (χ1) is 14.9. The van der Waals surface area contributed by atoms with E-state index in [4.69, 9.17) is 0 Å². The van der Waals surface area contributed by atoms with E-state index in [-0.39, 0.29) is 11.9 Å². The molecule has 162 valence electrons. The fraction of sp³-hybridized carbons (Fsp3) is 0.370. The smallest absolute Gasteiger partial charge is 0.252 e. The van der Waals surface area contributed by atoms with E-state index < -0.39 is 0 Å². The highest BCUT2D eigenvalue weighted by Crippen LogP contribution is 2.27. The second kappa shape index (κ2) is 9.11. The van der Waals surface area contributed by atoms with Crippen LogP contribution in [0.5, 0.6) is 0 Å². The number of nitrogens with one attached hydrogen (secondary N) is 1. The summed E-state index contributed by atoms with van der Waals surface area (Å²) in [5.41, 5.74) is 4.01. The molecule has 0 bridgehead atoms. The Balaban J connectivity index is 1.53. The molecule has 1 aliphatic heterocycles. The minimum absolute atomic E-state index is 0.0171. The number of hydrogen-bond donors (Lipinski definition) is 1. The molecule has 0 radical (unpaired) electrons. The average molecular weight is 416 g/mol. The summed E-state index contributed by atoms with van der Waals surface area (Å²) in [6.45, 7) is 6.31. The van der Waals surface area contributed by atoms with Gasteiger partial charge in [0.2, 0.25) is 0 Å². The van der Waals surface area contributed by atoms with Crippen LogP contribution in [0, 0.1) is 6.92 Å². The third-order valence-electron chi connectivity index (χ3n) is 6.75. The summed E-state index contributed by atoms with van der Waals surface area (Å²) < 4.78 is 0. The number of piperidine rings is 1. The minimum atomic E-state index is -0.0757. The number of amides is 1. The van der Waals surface area contributed by atoms with Gasteiger partial charge in [0.25, 0.3) is 5.91 Å². The summed E-state index contributed by atoms with van der Waals surface area (Å²) in [6.07, 6.45) is 2.31. The zero-order valence-corrected chi connectivity index (χ0v) is 19.1. The van der Waals surface area contributed by atoms with Crippen molar-refractivity contribution in [3.63, 3.8) is 0 Å². The number of nitrogens with zero attached hydrogens (tertiary/aromatic N) is 2. The van der Waals surface area contributed by atoms with Crippen molar-refractivity contribution < 1.29 is 4.79 Å². The van der Waals surface area contributed by atoms with Crippen molar-refractivity contribution in [1.29, 1.82) is 0 Å². The highest BCUT2D eigenvalue weighted by molar-refractivity contribution is 5.97. The van der Waals surface area contributed by atoms with Gasteiger partial charge < -0.3 is 15.1 Å². The molecule has 1 heterocycles. The molecule has 0 unspecified atom stereocenters. The van der Waals surface area contributed by atoms with Gasteiger partial charge in [-0.25, -0.2) is 0 Å². The quantitative estimate of drug-likeness (QED) is 0.624. The summed E-state index contributed by atoms with van der Waals surface area (Å²) >= 11 is 0. The largest absolute Gasteiger partial charge is 0.371 e. The Kier molecular flexibility index (Phi) is 6.28. The predicted octanol–water partition coefficient (Wildman–Crippen LogP) is 5.17.